The van der Waals surface area contributed by atoms with E-state index in [1.54, 1.807) is 0 Å². The summed E-state index contributed by atoms with van der Waals surface area (Å²) < 4.78 is 0. The highest BCUT2D eigenvalue weighted by molar-refractivity contribution is 5.83. The van der Waals surface area contributed by atoms with Crippen LogP contribution in [0.3, 0.4) is 0 Å². The van der Waals surface area contributed by atoms with E-state index in [4.69, 9.17) is 10.7 Å². The Bertz CT molecular complexity index is 525. The number of carbonyl (C=O) groups is 2. The van der Waals surface area contributed by atoms with Crippen LogP contribution in [0.25, 0.3) is 0 Å². The molecular formula is C16H24N4O2. The number of rotatable bonds is 6. The van der Waals surface area contributed by atoms with Gasteiger partial charge in [-0.3, -0.25) is 14.6 Å². The number of likely N-dealkylation sites (tertiary alicyclic amines) is 1. The fourth-order valence-electron chi connectivity index (χ4n) is 2.68. The number of aryl methyl sites for hydroxylation is 1. The van der Waals surface area contributed by atoms with E-state index >= 15 is 0 Å². The van der Waals surface area contributed by atoms with Crippen molar-refractivity contribution < 1.29 is 9.59 Å². The third-order valence-corrected chi connectivity index (χ3v) is 4.03. The van der Waals surface area contributed by atoms with Gasteiger partial charge in [-0.2, -0.15) is 0 Å². The molecule has 0 spiro atoms. The van der Waals surface area contributed by atoms with Crippen molar-refractivity contribution in [2.45, 2.75) is 31.6 Å². The molecule has 120 valence electrons. The Labute approximate surface area is 131 Å². The van der Waals surface area contributed by atoms with Crippen molar-refractivity contribution in [1.82, 2.24) is 15.2 Å². The molecular weight excluding hydrogens is 280 g/mol. The molecule has 1 aromatic heterocycles. The summed E-state index contributed by atoms with van der Waals surface area (Å²) in [7, 11) is 2.14. The zero-order valence-corrected chi connectivity index (χ0v) is 13.0. The summed E-state index contributed by atoms with van der Waals surface area (Å²) in [5.41, 5.74) is 7.04. The van der Waals surface area contributed by atoms with Crippen LogP contribution in [-0.2, 0) is 16.0 Å². The van der Waals surface area contributed by atoms with E-state index in [9.17, 15) is 9.59 Å². The minimum Gasteiger partial charge on any atom is -0.368 e. The van der Waals surface area contributed by atoms with E-state index in [0.717, 1.165) is 37.3 Å². The Morgan fingerprint density at radius 3 is 2.77 bits per heavy atom. The van der Waals surface area contributed by atoms with Gasteiger partial charge in [-0.15, -0.1) is 0 Å². The normalized spacial score (nSPS) is 16.4. The summed E-state index contributed by atoms with van der Waals surface area (Å²) >= 11 is 0. The van der Waals surface area contributed by atoms with Crippen molar-refractivity contribution in [2.24, 2.45) is 5.73 Å². The Hall–Kier alpha value is -1.95. The predicted molar refractivity (Wildman–Crippen MR) is 84.2 cm³/mol. The average molecular weight is 304 g/mol. The van der Waals surface area contributed by atoms with Crippen LogP contribution in [0.5, 0.6) is 0 Å². The molecule has 0 bridgehead atoms. The van der Waals surface area contributed by atoms with Gasteiger partial charge in [0.2, 0.25) is 11.8 Å². The number of hydrogen-bond acceptors (Lipinski definition) is 4. The summed E-state index contributed by atoms with van der Waals surface area (Å²) in [6, 6.07) is 6.03. The number of primary amides is 1. The fourth-order valence-corrected chi connectivity index (χ4v) is 2.68. The number of piperidine rings is 1. The molecule has 0 unspecified atom stereocenters. The molecule has 2 rings (SSSR count). The van der Waals surface area contributed by atoms with Crippen LogP contribution in [0, 0.1) is 0 Å². The standard InChI is InChI=1S/C16H24N4O2/c1-20-9-7-12(8-10-20)14-4-2-3-13(19-14)5-6-16(22)18-11-15(17)21/h2-4,12H,5-11H2,1H3,(H2,17,21)(H,18,22). The molecule has 6 nitrogen and oxygen atoms in total. The van der Waals surface area contributed by atoms with E-state index in [1.165, 1.54) is 0 Å². The Morgan fingerprint density at radius 2 is 2.09 bits per heavy atom. The highest BCUT2D eigenvalue weighted by atomic mass is 16.2. The molecule has 1 saturated heterocycles. The molecule has 2 amide bonds. The molecule has 0 aromatic carbocycles. The van der Waals surface area contributed by atoms with Gasteiger partial charge < -0.3 is 16.0 Å². The van der Waals surface area contributed by atoms with Gasteiger partial charge >= 0.3 is 0 Å². The van der Waals surface area contributed by atoms with Gasteiger partial charge in [0.25, 0.3) is 0 Å². The second kappa shape index (κ2) is 7.89. The first-order chi connectivity index (χ1) is 10.5. The summed E-state index contributed by atoms with van der Waals surface area (Å²) in [5, 5.41) is 2.49. The maximum Gasteiger partial charge on any atom is 0.236 e. The van der Waals surface area contributed by atoms with Crippen LogP contribution < -0.4 is 11.1 Å². The molecule has 1 fully saturated rings. The first-order valence-electron chi connectivity index (χ1n) is 7.74. The number of pyridine rings is 1. The van der Waals surface area contributed by atoms with E-state index in [0.29, 0.717) is 18.8 Å². The van der Waals surface area contributed by atoms with Gasteiger partial charge in [0, 0.05) is 23.7 Å². The van der Waals surface area contributed by atoms with Crippen molar-refractivity contribution >= 4 is 11.8 Å². The van der Waals surface area contributed by atoms with Gasteiger partial charge in [-0.1, -0.05) is 6.07 Å². The monoisotopic (exact) mass is 304 g/mol. The van der Waals surface area contributed by atoms with Gasteiger partial charge in [-0.25, -0.2) is 0 Å². The number of nitrogens with zero attached hydrogens (tertiary/aromatic N) is 2. The lowest BCUT2D eigenvalue weighted by atomic mass is 9.93. The number of nitrogens with two attached hydrogens (primary N) is 1. The highest BCUT2D eigenvalue weighted by Gasteiger charge is 2.19. The SMILES string of the molecule is CN1CCC(c2cccc(CCC(=O)NCC(N)=O)n2)CC1. The molecule has 6 heteroatoms. The largest absolute Gasteiger partial charge is 0.368 e. The smallest absolute Gasteiger partial charge is 0.236 e. The molecule has 1 aromatic rings. The Kier molecular flexibility index (Phi) is 5.89. The first-order valence-corrected chi connectivity index (χ1v) is 7.74. The maximum absolute atomic E-state index is 11.6. The van der Waals surface area contributed by atoms with E-state index in [2.05, 4.69) is 23.3 Å². The third-order valence-electron chi connectivity index (χ3n) is 4.03. The zero-order valence-electron chi connectivity index (χ0n) is 13.0. The number of hydrogen-bond donors (Lipinski definition) is 2. The lowest BCUT2D eigenvalue weighted by Crippen LogP contribution is -2.33. The van der Waals surface area contributed by atoms with Crippen LogP contribution in [0.4, 0.5) is 0 Å². The topological polar surface area (TPSA) is 88.3 Å². The number of aromatic nitrogens is 1. The molecule has 1 aliphatic heterocycles. The molecule has 0 aliphatic carbocycles. The van der Waals surface area contributed by atoms with Crippen LogP contribution in [-0.4, -0.2) is 48.4 Å². The quantitative estimate of drug-likeness (QED) is 0.797. The maximum atomic E-state index is 11.6. The summed E-state index contributed by atoms with van der Waals surface area (Å²) in [6.07, 6.45) is 3.15. The predicted octanol–water partition coefficient (Wildman–Crippen LogP) is 0.425. The number of nitrogens with one attached hydrogen (secondary N) is 1. The molecule has 22 heavy (non-hydrogen) atoms. The van der Waals surface area contributed by atoms with E-state index in [-0.39, 0.29) is 12.5 Å². The van der Waals surface area contributed by atoms with Crippen molar-refractivity contribution in [3.8, 4) is 0 Å². The molecule has 2 heterocycles. The average Bonchev–Trinajstić information content (AvgIpc) is 2.52. The minimum atomic E-state index is -0.532. The fraction of sp³-hybridized carbons (Fsp3) is 0.562. The summed E-state index contributed by atoms with van der Waals surface area (Å²) in [6.45, 7) is 2.10. The first kappa shape index (κ1) is 16.4. The Balaban J connectivity index is 1.86. The van der Waals surface area contributed by atoms with Crippen LogP contribution >= 0.6 is 0 Å². The van der Waals surface area contributed by atoms with E-state index < -0.39 is 5.91 Å². The lowest BCUT2D eigenvalue weighted by molar-refractivity contribution is -0.124. The van der Waals surface area contributed by atoms with Gasteiger partial charge in [0.1, 0.15) is 0 Å². The second-order valence-corrected chi connectivity index (χ2v) is 5.87. The van der Waals surface area contributed by atoms with Crippen molar-refractivity contribution in [3.05, 3.63) is 29.6 Å². The van der Waals surface area contributed by atoms with Crippen molar-refractivity contribution in [3.63, 3.8) is 0 Å². The molecule has 3 N–H and O–H groups in total. The molecule has 0 atom stereocenters. The van der Waals surface area contributed by atoms with Gasteiger partial charge in [-0.05, 0) is 51.5 Å². The lowest BCUT2D eigenvalue weighted by Gasteiger charge is -2.28. The Morgan fingerprint density at radius 1 is 1.36 bits per heavy atom. The number of carbonyl (C=O) groups excluding carboxylic acids is 2. The van der Waals surface area contributed by atoms with E-state index in [1.807, 2.05) is 12.1 Å². The molecule has 0 radical (unpaired) electrons. The zero-order chi connectivity index (χ0) is 15.9. The number of amides is 2. The van der Waals surface area contributed by atoms with Gasteiger partial charge in [0.15, 0.2) is 0 Å². The van der Waals surface area contributed by atoms with Crippen molar-refractivity contribution in [2.75, 3.05) is 26.7 Å². The minimum absolute atomic E-state index is 0.109. The highest BCUT2D eigenvalue weighted by Crippen LogP contribution is 2.26. The molecule has 1 aliphatic rings. The second-order valence-electron chi connectivity index (χ2n) is 5.87. The van der Waals surface area contributed by atoms with Crippen LogP contribution in [0.15, 0.2) is 18.2 Å². The summed E-state index contributed by atoms with van der Waals surface area (Å²) in [4.78, 5) is 29.2. The van der Waals surface area contributed by atoms with Crippen LogP contribution in [0.2, 0.25) is 0 Å². The van der Waals surface area contributed by atoms with Crippen LogP contribution in [0.1, 0.15) is 36.6 Å². The van der Waals surface area contributed by atoms with Crippen molar-refractivity contribution in [1.29, 1.82) is 0 Å². The summed E-state index contributed by atoms with van der Waals surface area (Å²) in [5.74, 6) is -0.194. The third kappa shape index (κ3) is 5.11. The van der Waals surface area contributed by atoms with Gasteiger partial charge in [0.05, 0.1) is 6.54 Å². The molecule has 0 saturated carbocycles.